The first kappa shape index (κ1) is 11.3. The second kappa shape index (κ2) is 4.34. The number of nitrogens with one attached hydrogen (secondary N) is 1. The van der Waals surface area contributed by atoms with Crippen LogP contribution < -0.4 is 5.32 Å². The number of carboxylic acid groups (broad SMARTS) is 1. The molecule has 2 aromatic rings. The smallest absolute Gasteiger partial charge is 0.394 e. The standard InChI is InChI=1S/C11H7NO4S/c13-10(11(14)15)12-6-2-1-3-7-9(6)8(17)4-5-16-7/h1-5H,(H,12,13)(H,14,15). The number of benzene rings is 1. The highest BCUT2D eigenvalue weighted by atomic mass is 32.1. The van der Waals surface area contributed by atoms with Crippen LogP contribution in [-0.2, 0) is 9.59 Å². The van der Waals surface area contributed by atoms with Crippen LogP contribution >= 0.6 is 12.2 Å². The Morgan fingerprint density at radius 3 is 2.76 bits per heavy atom. The molecule has 1 heterocycles. The number of hydrogen-bond donors (Lipinski definition) is 2. The van der Waals surface area contributed by atoms with E-state index >= 15 is 0 Å². The minimum Gasteiger partial charge on any atom is -0.474 e. The van der Waals surface area contributed by atoms with Gasteiger partial charge in [0, 0.05) is 0 Å². The summed E-state index contributed by atoms with van der Waals surface area (Å²) in [4.78, 5) is 21.6. The lowest BCUT2D eigenvalue weighted by Crippen LogP contribution is -2.21. The molecule has 0 aliphatic heterocycles. The Hall–Kier alpha value is -2.21. The van der Waals surface area contributed by atoms with Gasteiger partial charge in [0.15, 0.2) is 0 Å². The maximum absolute atomic E-state index is 11.1. The third-order valence-electron chi connectivity index (χ3n) is 2.13. The van der Waals surface area contributed by atoms with Crippen LogP contribution in [0.4, 0.5) is 5.69 Å². The summed E-state index contributed by atoms with van der Waals surface area (Å²) in [6, 6.07) is 6.45. The molecule has 5 nitrogen and oxygen atoms in total. The highest BCUT2D eigenvalue weighted by Gasteiger charge is 2.13. The summed E-state index contributed by atoms with van der Waals surface area (Å²) >= 11 is 5.10. The van der Waals surface area contributed by atoms with E-state index in [1.165, 1.54) is 6.26 Å². The van der Waals surface area contributed by atoms with E-state index in [0.717, 1.165) is 0 Å². The van der Waals surface area contributed by atoms with Crippen molar-refractivity contribution in [3.8, 4) is 0 Å². The van der Waals surface area contributed by atoms with Crippen molar-refractivity contribution in [1.82, 2.24) is 0 Å². The normalized spacial score (nSPS) is 10.1. The molecule has 86 valence electrons. The van der Waals surface area contributed by atoms with E-state index in [1.807, 2.05) is 0 Å². The maximum atomic E-state index is 11.1. The van der Waals surface area contributed by atoms with Crippen molar-refractivity contribution in [2.45, 2.75) is 0 Å². The Balaban J connectivity index is 2.58. The van der Waals surface area contributed by atoms with Crippen LogP contribution in [0.3, 0.4) is 0 Å². The Bertz CT molecular complexity index is 657. The van der Waals surface area contributed by atoms with Gasteiger partial charge in [-0.2, -0.15) is 0 Å². The van der Waals surface area contributed by atoms with Gasteiger partial charge in [0.05, 0.1) is 21.8 Å². The van der Waals surface area contributed by atoms with Crippen molar-refractivity contribution in [3.05, 3.63) is 35.0 Å². The topological polar surface area (TPSA) is 79.5 Å². The minimum atomic E-state index is -1.55. The highest BCUT2D eigenvalue weighted by molar-refractivity contribution is 7.71. The molecule has 0 saturated heterocycles. The SMILES string of the molecule is O=C(O)C(=O)Nc1cccc2occc(=S)c12. The average Bonchev–Trinajstić information content (AvgIpc) is 2.29. The summed E-state index contributed by atoms with van der Waals surface area (Å²) < 4.78 is 5.69. The van der Waals surface area contributed by atoms with E-state index in [4.69, 9.17) is 21.7 Å². The van der Waals surface area contributed by atoms with Gasteiger partial charge >= 0.3 is 11.9 Å². The Labute approximate surface area is 101 Å². The summed E-state index contributed by atoms with van der Waals surface area (Å²) in [5, 5.41) is 11.3. The molecule has 1 aromatic carbocycles. The van der Waals surface area contributed by atoms with Gasteiger partial charge in [0.2, 0.25) is 0 Å². The van der Waals surface area contributed by atoms with Crippen LogP contribution in [0.5, 0.6) is 0 Å². The zero-order valence-corrected chi connectivity index (χ0v) is 9.28. The fourth-order valence-corrected chi connectivity index (χ4v) is 1.68. The third kappa shape index (κ3) is 2.16. The number of aliphatic carboxylic acids is 1. The zero-order valence-electron chi connectivity index (χ0n) is 8.47. The second-order valence-corrected chi connectivity index (χ2v) is 3.66. The molecule has 2 rings (SSSR count). The van der Waals surface area contributed by atoms with Gasteiger partial charge in [0.25, 0.3) is 0 Å². The van der Waals surface area contributed by atoms with Crippen molar-refractivity contribution in [3.63, 3.8) is 0 Å². The lowest BCUT2D eigenvalue weighted by Gasteiger charge is -2.05. The first-order valence-corrected chi connectivity index (χ1v) is 5.05. The van der Waals surface area contributed by atoms with Crippen LogP contribution in [-0.4, -0.2) is 17.0 Å². The second-order valence-electron chi connectivity index (χ2n) is 3.22. The molecule has 0 unspecified atom stereocenters. The van der Waals surface area contributed by atoms with Crippen molar-refractivity contribution >= 4 is 40.8 Å². The summed E-state index contributed by atoms with van der Waals surface area (Å²) in [6.07, 6.45) is 1.44. The molecule has 1 aromatic heterocycles. The van der Waals surface area contributed by atoms with E-state index in [9.17, 15) is 9.59 Å². The van der Waals surface area contributed by atoms with Crippen molar-refractivity contribution in [2.24, 2.45) is 0 Å². The molecule has 17 heavy (non-hydrogen) atoms. The lowest BCUT2D eigenvalue weighted by molar-refractivity contribution is -0.147. The Morgan fingerprint density at radius 1 is 1.29 bits per heavy atom. The Kier molecular flexibility index (Phi) is 2.88. The molecular weight excluding hydrogens is 242 g/mol. The Morgan fingerprint density at radius 2 is 2.06 bits per heavy atom. The summed E-state index contributed by atoms with van der Waals surface area (Å²) in [5.41, 5.74) is 0.810. The van der Waals surface area contributed by atoms with Gasteiger partial charge in [-0.1, -0.05) is 18.3 Å². The number of fused-ring (bicyclic) bond motifs is 1. The molecule has 0 saturated carbocycles. The molecule has 0 bridgehead atoms. The molecule has 0 radical (unpaired) electrons. The van der Waals surface area contributed by atoms with Gasteiger partial charge in [-0.05, 0) is 18.2 Å². The van der Waals surface area contributed by atoms with Crippen LogP contribution in [0, 0.1) is 4.51 Å². The number of rotatable bonds is 1. The predicted octanol–water partition coefficient (Wildman–Crippen LogP) is 2.19. The number of carbonyl (C=O) groups is 2. The number of hydrogen-bond acceptors (Lipinski definition) is 4. The van der Waals surface area contributed by atoms with Gasteiger partial charge < -0.3 is 14.8 Å². The van der Waals surface area contributed by atoms with Gasteiger partial charge in [-0.25, -0.2) is 4.79 Å². The summed E-state index contributed by atoms with van der Waals surface area (Å²) in [5.74, 6) is -2.67. The van der Waals surface area contributed by atoms with E-state index in [0.29, 0.717) is 21.2 Å². The molecule has 2 N–H and O–H groups in total. The van der Waals surface area contributed by atoms with Crippen LogP contribution in [0.2, 0.25) is 0 Å². The third-order valence-corrected chi connectivity index (χ3v) is 2.47. The van der Waals surface area contributed by atoms with Crippen LogP contribution in [0.1, 0.15) is 0 Å². The summed E-state index contributed by atoms with van der Waals surface area (Å²) in [7, 11) is 0. The first-order valence-electron chi connectivity index (χ1n) is 4.64. The molecule has 0 spiro atoms. The van der Waals surface area contributed by atoms with E-state index in [1.54, 1.807) is 24.3 Å². The monoisotopic (exact) mass is 249 g/mol. The van der Waals surface area contributed by atoms with Crippen LogP contribution in [0.25, 0.3) is 11.0 Å². The molecule has 0 atom stereocenters. The van der Waals surface area contributed by atoms with E-state index in [-0.39, 0.29) is 0 Å². The molecule has 6 heteroatoms. The fraction of sp³-hybridized carbons (Fsp3) is 0. The molecule has 0 aliphatic rings. The lowest BCUT2D eigenvalue weighted by atomic mass is 10.2. The van der Waals surface area contributed by atoms with Crippen molar-refractivity contribution in [2.75, 3.05) is 5.32 Å². The fourth-order valence-electron chi connectivity index (χ4n) is 1.42. The number of carboxylic acids is 1. The molecule has 0 fully saturated rings. The molecule has 1 amide bonds. The highest BCUT2D eigenvalue weighted by Crippen LogP contribution is 2.24. The number of amides is 1. The van der Waals surface area contributed by atoms with Gasteiger partial charge in [-0.15, -0.1) is 0 Å². The van der Waals surface area contributed by atoms with Crippen LogP contribution in [0.15, 0.2) is 34.9 Å². The largest absolute Gasteiger partial charge is 0.474 e. The molecule has 0 aliphatic carbocycles. The number of anilines is 1. The maximum Gasteiger partial charge on any atom is 0.394 e. The first-order chi connectivity index (χ1) is 8.09. The minimum absolute atomic E-state index is 0.323. The molecular formula is C11H7NO4S. The van der Waals surface area contributed by atoms with E-state index in [2.05, 4.69) is 5.32 Å². The predicted molar refractivity (Wildman–Crippen MR) is 63.3 cm³/mol. The van der Waals surface area contributed by atoms with Crippen molar-refractivity contribution in [1.29, 1.82) is 0 Å². The quantitative estimate of drug-likeness (QED) is 0.598. The van der Waals surface area contributed by atoms with E-state index < -0.39 is 11.9 Å². The average molecular weight is 249 g/mol. The van der Waals surface area contributed by atoms with Crippen molar-refractivity contribution < 1.29 is 19.1 Å². The van der Waals surface area contributed by atoms with Gasteiger partial charge in [-0.3, -0.25) is 4.79 Å². The van der Waals surface area contributed by atoms with Gasteiger partial charge in [0.1, 0.15) is 5.58 Å². The summed E-state index contributed by atoms with van der Waals surface area (Å²) in [6.45, 7) is 0. The number of carbonyl (C=O) groups excluding carboxylic acids is 1. The zero-order chi connectivity index (χ0) is 12.4.